The van der Waals surface area contributed by atoms with Gasteiger partial charge in [-0.25, -0.2) is 0 Å². The number of ether oxygens (including phenoxy) is 1. The molecule has 0 aliphatic carbocycles. The van der Waals surface area contributed by atoms with E-state index >= 15 is 0 Å². The molecule has 8 nitrogen and oxygen atoms in total. The quantitative estimate of drug-likeness (QED) is 0.185. The molecule has 0 aliphatic heterocycles. The molecule has 0 bridgehead atoms. The maximum absolute atomic E-state index is 12.3. The van der Waals surface area contributed by atoms with Crippen LogP contribution in [0.5, 0.6) is 11.5 Å². The smallest absolute Gasteiger partial charge is 0.310 e. The molecule has 1 atom stereocenters. The number of carboxylic acids is 1. The Morgan fingerprint density at radius 2 is 1.83 bits per heavy atom. The van der Waals surface area contributed by atoms with Crippen LogP contribution in [-0.4, -0.2) is 28.7 Å². The Bertz CT molecular complexity index is 1210. The van der Waals surface area contributed by atoms with Gasteiger partial charge in [0.25, 0.3) is 5.91 Å². The predicted molar refractivity (Wildman–Crippen MR) is 139 cm³/mol. The van der Waals surface area contributed by atoms with Gasteiger partial charge in [0.2, 0.25) is 0 Å². The average Bonchev–Trinajstić information content (AvgIpc) is 2.83. The molecule has 0 aromatic heterocycles. The molecule has 1 amide bonds. The minimum absolute atomic E-state index is 0.249. The Balaban J connectivity index is 1.84. The zero-order valence-electron chi connectivity index (χ0n) is 19.4. The summed E-state index contributed by atoms with van der Waals surface area (Å²) < 4.78 is 9.88. The van der Waals surface area contributed by atoms with Crippen molar-refractivity contribution in [1.82, 2.24) is 5.32 Å². The summed E-state index contributed by atoms with van der Waals surface area (Å²) in [7, 11) is 0. The van der Waals surface area contributed by atoms with E-state index in [1.165, 1.54) is 0 Å². The largest absolute Gasteiger partial charge is 0.481 e. The predicted octanol–water partition coefficient (Wildman–Crippen LogP) is 6.25. The van der Waals surface area contributed by atoms with Crippen molar-refractivity contribution < 1.29 is 24.6 Å². The number of hydrogen-bond donors (Lipinski definition) is 4. The summed E-state index contributed by atoms with van der Waals surface area (Å²) in [5.74, 6) is -0.925. The first-order valence-electron chi connectivity index (χ1n) is 10.8. The van der Waals surface area contributed by atoms with Crippen LogP contribution in [0.3, 0.4) is 0 Å². The standard InChI is InChI=1S/C25H26ClN3O5S/c1-4-27-24(30)18-8-12-23(34-19-9-6-17(7-10-19)16(3)25(31)32)21(14-18)28-35-29(33)22-11-5-15(2)13-20(22)26/h5-14,16,28,33H,4H2,1-3H3,(H,27,30)(H,31,32). The van der Waals surface area contributed by atoms with Crippen molar-refractivity contribution in [2.75, 3.05) is 15.7 Å². The average molecular weight is 516 g/mol. The van der Waals surface area contributed by atoms with Gasteiger partial charge in [0, 0.05) is 12.1 Å². The molecular formula is C25H26ClN3O5S. The van der Waals surface area contributed by atoms with Gasteiger partial charge in [0.1, 0.15) is 5.75 Å². The SMILES string of the molecule is CCNC(=O)c1ccc(Oc2ccc(C(C)C(=O)O)cc2)c(NSN(O)c2ccc(C)cc2Cl)c1. The van der Waals surface area contributed by atoms with Crippen LogP contribution in [0, 0.1) is 6.92 Å². The van der Waals surface area contributed by atoms with Gasteiger partial charge in [-0.2, -0.15) is 4.47 Å². The van der Waals surface area contributed by atoms with Crippen LogP contribution < -0.4 is 19.2 Å². The number of amides is 1. The van der Waals surface area contributed by atoms with Crippen LogP contribution in [0.1, 0.15) is 41.3 Å². The van der Waals surface area contributed by atoms with Gasteiger partial charge in [-0.3, -0.25) is 14.8 Å². The summed E-state index contributed by atoms with van der Waals surface area (Å²) in [4.78, 5) is 23.6. The van der Waals surface area contributed by atoms with E-state index < -0.39 is 11.9 Å². The molecule has 3 aromatic carbocycles. The number of aliphatic carboxylic acids is 1. The fraction of sp³-hybridized carbons (Fsp3) is 0.200. The number of hydrogen-bond acceptors (Lipinski definition) is 7. The fourth-order valence-corrected chi connectivity index (χ4v) is 4.07. The lowest BCUT2D eigenvalue weighted by molar-refractivity contribution is -0.138. The molecule has 0 radical (unpaired) electrons. The molecule has 0 heterocycles. The minimum Gasteiger partial charge on any atom is -0.481 e. The Labute approximate surface area is 213 Å². The summed E-state index contributed by atoms with van der Waals surface area (Å²) in [6.45, 7) is 5.81. The molecule has 35 heavy (non-hydrogen) atoms. The van der Waals surface area contributed by atoms with E-state index in [1.807, 2.05) is 19.9 Å². The van der Waals surface area contributed by atoms with Crippen LogP contribution in [0.4, 0.5) is 11.4 Å². The van der Waals surface area contributed by atoms with Crippen molar-refractivity contribution in [3.63, 3.8) is 0 Å². The second-order valence-electron chi connectivity index (χ2n) is 7.72. The molecule has 3 rings (SSSR count). The van der Waals surface area contributed by atoms with Crippen LogP contribution in [0.2, 0.25) is 5.02 Å². The second kappa shape index (κ2) is 11.8. The third kappa shape index (κ3) is 6.82. The van der Waals surface area contributed by atoms with Crippen LogP contribution in [0.25, 0.3) is 0 Å². The number of carbonyl (C=O) groups excluding carboxylic acids is 1. The first kappa shape index (κ1) is 26.2. The highest BCUT2D eigenvalue weighted by atomic mass is 35.5. The summed E-state index contributed by atoms with van der Waals surface area (Å²) in [6, 6.07) is 16.9. The number of aryl methyl sites for hydroxylation is 1. The first-order chi connectivity index (χ1) is 16.7. The van der Waals surface area contributed by atoms with E-state index in [0.717, 1.165) is 22.2 Å². The van der Waals surface area contributed by atoms with Gasteiger partial charge in [-0.05, 0) is 74.4 Å². The highest BCUT2D eigenvalue weighted by molar-refractivity contribution is 8.01. The highest BCUT2D eigenvalue weighted by Crippen LogP contribution is 2.35. The van der Waals surface area contributed by atoms with Gasteiger partial charge < -0.3 is 19.9 Å². The first-order valence-corrected chi connectivity index (χ1v) is 12.0. The molecular weight excluding hydrogens is 490 g/mol. The van der Waals surface area contributed by atoms with Crippen molar-refractivity contribution in [2.24, 2.45) is 0 Å². The van der Waals surface area contributed by atoms with Gasteiger partial charge in [0.05, 0.1) is 34.4 Å². The van der Waals surface area contributed by atoms with Crippen molar-refractivity contribution in [3.8, 4) is 11.5 Å². The number of benzene rings is 3. The minimum atomic E-state index is -0.912. The lowest BCUT2D eigenvalue weighted by atomic mass is 10.0. The van der Waals surface area contributed by atoms with Crippen LogP contribution >= 0.6 is 23.7 Å². The third-order valence-corrected chi connectivity index (χ3v) is 6.09. The van der Waals surface area contributed by atoms with E-state index in [0.29, 0.717) is 45.6 Å². The van der Waals surface area contributed by atoms with Crippen molar-refractivity contribution in [2.45, 2.75) is 26.7 Å². The molecule has 4 N–H and O–H groups in total. The van der Waals surface area contributed by atoms with Crippen molar-refractivity contribution >= 4 is 47.0 Å². The number of nitrogens with one attached hydrogen (secondary N) is 2. The lowest BCUT2D eigenvalue weighted by Gasteiger charge is -2.19. The van der Waals surface area contributed by atoms with Gasteiger partial charge in [-0.15, -0.1) is 0 Å². The fourth-order valence-electron chi connectivity index (χ4n) is 3.11. The Morgan fingerprint density at radius 1 is 1.11 bits per heavy atom. The van der Waals surface area contributed by atoms with Crippen molar-refractivity contribution in [3.05, 3.63) is 82.4 Å². The summed E-state index contributed by atoms with van der Waals surface area (Å²) >= 11 is 7.09. The number of rotatable bonds is 10. The highest BCUT2D eigenvalue weighted by Gasteiger charge is 2.16. The molecule has 0 aliphatic rings. The van der Waals surface area contributed by atoms with E-state index in [1.54, 1.807) is 61.5 Å². The molecule has 0 fully saturated rings. The number of carbonyl (C=O) groups is 2. The van der Waals surface area contributed by atoms with E-state index in [2.05, 4.69) is 10.0 Å². The van der Waals surface area contributed by atoms with Gasteiger partial charge >= 0.3 is 5.97 Å². The lowest BCUT2D eigenvalue weighted by Crippen LogP contribution is -2.22. The molecule has 184 valence electrons. The number of nitrogens with zero attached hydrogens (tertiary/aromatic N) is 1. The van der Waals surface area contributed by atoms with Gasteiger partial charge in [0.15, 0.2) is 5.75 Å². The molecule has 1 unspecified atom stereocenters. The molecule has 0 spiro atoms. The third-order valence-electron chi connectivity index (χ3n) is 5.11. The molecule has 0 saturated carbocycles. The Kier molecular flexibility index (Phi) is 8.86. The number of halogens is 1. The second-order valence-corrected chi connectivity index (χ2v) is 8.86. The van der Waals surface area contributed by atoms with Crippen LogP contribution in [-0.2, 0) is 4.79 Å². The van der Waals surface area contributed by atoms with Crippen molar-refractivity contribution in [1.29, 1.82) is 0 Å². The number of carboxylic acid groups (broad SMARTS) is 1. The molecule has 10 heteroatoms. The monoisotopic (exact) mass is 515 g/mol. The zero-order valence-corrected chi connectivity index (χ0v) is 21.0. The normalized spacial score (nSPS) is 11.5. The van der Waals surface area contributed by atoms with E-state index in [9.17, 15) is 19.9 Å². The topological polar surface area (TPSA) is 111 Å². The van der Waals surface area contributed by atoms with Gasteiger partial charge in [-0.1, -0.05) is 29.8 Å². The number of anilines is 2. The summed E-state index contributed by atoms with van der Waals surface area (Å²) in [5.41, 5.74) is 2.84. The van der Waals surface area contributed by atoms with E-state index in [-0.39, 0.29) is 5.91 Å². The van der Waals surface area contributed by atoms with Crippen LogP contribution in [0.15, 0.2) is 60.7 Å². The maximum Gasteiger partial charge on any atom is 0.310 e. The maximum atomic E-state index is 12.3. The Morgan fingerprint density at radius 3 is 2.46 bits per heavy atom. The summed E-state index contributed by atoms with van der Waals surface area (Å²) in [6.07, 6.45) is 0. The van der Waals surface area contributed by atoms with E-state index in [4.69, 9.17) is 16.3 Å². The zero-order chi connectivity index (χ0) is 25.5. The molecule has 0 saturated heterocycles. The molecule has 3 aromatic rings. The Hall–Kier alpha value is -3.40. The summed E-state index contributed by atoms with van der Waals surface area (Å²) in [5, 5.41) is 22.8.